The van der Waals surface area contributed by atoms with Crippen molar-refractivity contribution in [3.8, 4) is 5.75 Å². The molecule has 2 aromatic carbocycles. The molecule has 0 saturated carbocycles. The van der Waals surface area contributed by atoms with E-state index in [0.29, 0.717) is 18.4 Å². The lowest BCUT2D eigenvalue weighted by Gasteiger charge is -2.24. The number of carbonyl (C=O) groups is 2. The fourth-order valence-electron chi connectivity index (χ4n) is 2.47. The van der Waals surface area contributed by atoms with Gasteiger partial charge in [-0.3, -0.25) is 4.79 Å². The molecule has 2 aromatic rings. The third kappa shape index (κ3) is 6.24. The van der Waals surface area contributed by atoms with Crippen LogP contribution < -0.4 is 5.32 Å². The highest BCUT2D eigenvalue weighted by Gasteiger charge is 2.27. The number of benzene rings is 2. The van der Waals surface area contributed by atoms with E-state index in [0.717, 1.165) is 5.56 Å². The summed E-state index contributed by atoms with van der Waals surface area (Å²) in [4.78, 5) is 25.0. The quantitative estimate of drug-likeness (QED) is 0.778. The van der Waals surface area contributed by atoms with Crippen LogP contribution >= 0.6 is 0 Å². The second-order valence-electron chi connectivity index (χ2n) is 7.13. The Morgan fingerprint density at radius 1 is 1.08 bits per heavy atom. The molecule has 1 atom stereocenters. The standard InChI is InChI=1S/C21H25NO4/c1-21(2,3)26-20(25)18(13-12-15-8-5-4-6-9-15)22-19(24)16-10-7-11-17(23)14-16/h4-11,14,18,23H,12-13H2,1-3H3,(H,22,24)/t18-/m0/s1. The summed E-state index contributed by atoms with van der Waals surface area (Å²) < 4.78 is 5.45. The van der Waals surface area contributed by atoms with Crippen molar-refractivity contribution >= 4 is 11.9 Å². The Morgan fingerprint density at radius 3 is 2.38 bits per heavy atom. The first-order chi connectivity index (χ1) is 12.2. The van der Waals surface area contributed by atoms with Crippen LogP contribution in [0.15, 0.2) is 54.6 Å². The predicted molar refractivity (Wildman–Crippen MR) is 100.0 cm³/mol. The number of phenols is 1. The summed E-state index contributed by atoms with van der Waals surface area (Å²) in [5.41, 5.74) is 0.726. The van der Waals surface area contributed by atoms with E-state index < -0.39 is 23.5 Å². The first kappa shape index (κ1) is 19.5. The monoisotopic (exact) mass is 355 g/mol. The predicted octanol–water partition coefficient (Wildman–Crippen LogP) is 3.47. The van der Waals surface area contributed by atoms with Crippen LogP contribution in [-0.4, -0.2) is 28.6 Å². The Kier molecular flexibility index (Phi) is 6.39. The van der Waals surface area contributed by atoms with E-state index in [1.54, 1.807) is 32.9 Å². The van der Waals surface area contributed by atoms with E-state index in [1.807, 2.05) is 30.3 Å². The Balaban J connectivity index is 2.11. The van der Waals surface area contributed by atoms with E-state index in [1.165, 1.54) is 12.1 Å². The van der Waals surface area contributed by atoms with Crippen molar-refractivity contribution in [1.82, 2.24) is 5.32 Å². The molecule has 0 radical (unpaired) electrons. The van der Waals surface area contributed by atoms with Crippen LogP contribution in [0, 0.1) is 0 Å². The number of hydrogen-bond acceptors (Lipinski definition) is 4. The van der Waals surface area contributed by atoms with Crippen LogP contribution in [0.4, 0.5) is 0 Å². The molecule has 5 nitrogen and oxygen atoms in total. The smallest absolute Gasteiger partial charge is 0.329 e. The number of aromatic hydroxyl groups is 1. The third-order valence-electron chi connectivity index (χ3n) is 3.67. The number of esters is 1. The van der Waals surface area contributed by atoms with E-state index >= 15 is 0 Å². The number of nitrogens with one attached hydrogen (secondary N) is 1. The summed E-state index contributed by atoms with van der Waals surface area (Å²) in [6, 6.07) is 15.0. The van der Waals surface area contributed by atoms with E-state index in [9.17, 15) is 14.7 Å². The van der Waals surface area contributed by atoms with Crippen LogP contribution in [0.1, 0.15) is 43.1 Å². The summed E-state index contributed by atoms with van der Waals surface area (Å²) in [6.07, 6.45) is 1.05. The molecule has 0 heterocycles. The van der Waals surface area contributed by atoms with Crippen molar-refractivity contribution in [3.05, 3.63) is 65.7 Å². The van der Waals surface area contributed by atoms with Crippen molar-refractivity contribution in [2.45, 2.75) is 45.3 Å². The second-order valence-corrected chi connectivity index (χ2v) is 7.13. The molecule has 0 saturated heterocycles. The van der Waals surface area contributed by atoms with Gasteiger partial charge in [-0.05, 0) is 57.4 Å². The van der Waals surface area contributed by atoms with Crippen molar-refractivity contribution in [1.29, 1.82) is 0 Å². The van der Waals surface area contributed by atoms with Crippen LogP contribution in [0.5, 0.6) is 5.75 Å². The average Bonchev–Trinajstić information content (AvgIpc) is 2.57. The highest BCUT2D eigenvalue weighted by Crippen LogP contribution is 2.14. The van der Waals surface area contributed by atoms with Gasteiger partial charge < -0.3 is 15.2 Å². The zero-order valence-corrected chi connectivity index (χ0v) is 15.4. The molecule has 0 bridgehead atoms. The molecular weight excluding hydrogens is 330 g/mol. The Bertz CT molecular complexity index is 750. The van der Waals surface area contributed by atoms with Gasteiger partial charge in [-0.1, -0.05) is 36.4 Å². The minimum atomic E-state index is -0.774. The van der Waals surface area contributed by atoms with Crippen molar-refractivity contribution in [2.75, 3.05) is 0 Å². The summed E-state index contributed by atoms with van der Waals surface area (Å²) in [6.45, 7) is 5.36. The molecule has 1 amide bonds. The van der Waals surface area contributed by atoms with Crippen molar-refractivity contribution < 1.29 is 19.4 Å². The van der Waals surface area contributed by atoms with Gasteiger partial charge >= 0.3 is 5.97 Å². The van der Waals surface area contributed by atoms with Gasteiger partial charge in [0.05, 0.1) is 0 Å². The van der Waals surface area contributed by atoms with Gasteiger partial charge in [-0.15, -0.1) is 0 Å². The van der Waals surface area contributed by atoms with Gasteiger partial charge in [0.2, 0.25) is 0 Å². The third-order valence-corrected chi connectivity index (χ3v) is 3.67. The average molecular weight is 355 g/mol. The number of hydrogen-bond donors (Lipinski definition) is 2. The maximum absolute atomic E-state index is 12.5. The lowest BCUT2D eigenvalue weighted by molar-refractivity contribution is -0.157. The minimum Gasteiger partial charge on any atom is -0.508 e. The van der Waals surface area contributed by atoms with Gasteiger partial charge in [0.25, 0.3) is 5.91 Å². The number of aryl methyl sites for hydroxylation is 1. The molecule has 2 rings (SSSR count). The fourth-order valence-corrected chi connectivity index (χ4v) is 2.47. The topological polar surface area (TPSA) is 75.6 Å². The Labute approximate surface area is 154 Å². The minimum absolute atomic E-state index is 0.00393. The summed E-state index contributed by atoms with van der Waals surface area (Å²) in [7, 11) is 0. The molecule has 0 aliphatic carbocycles. The van der Waals surface area contributed by atoms with Crippen LogP contribution in [-0.2, 0) is 16.0 Å². The molecule has 0 spiro atoms. The van der Waals surface area contributed by atoms with Gasteiger partial charge in [0.15, 0.2) is 0 Å². The Morgan fingerprint density at radius 2 is 1.77 bits per heavy atom. The largest absolute Gasteiger partial charge is 0.508 e. The summed E-state index contributed by atoms with van der Waals surface area (Å²) in [5, 5.41) is 12.3. The highest BCUT2D eigenvalue weighted by atomic mass is 16.6. The van der Waals surface area contributed by atoms with E-state index in [2.05, 4.69) is 5.32 Å². The van der Waals surface area contributed by atoms with E-state index in [-0.39, 0.29) is 5.75 Å². The maximum Gasteiger partial charge on any atom is 0.329 e. The molecule has 0 fully saturated rings. The van der Waals surface area contributed by atoms with Gasteiger partial charge in [0, 0.05) is 5.56 Å². The molecule has 0 aromatic heterocycles. The van der Waals surface area contributed by atoms with E-state index in [4.69, 9.17) is 4.74 Å². The molecule has 0 unspecified atom stereocenters. The normalized spacial score (nSPS) is 12.3. The zero-order valence-electron chi connectivity index (χ0n) is 15.4. The van der Waals surface area contributed by atoms with Gasteiger partial charge in [-0.25, -0.2) is 4.79 Å². The van der Waals surface area contributed by atoms with Crippen LogP contribution in [0.3, 0.4) is 0 Å². The number of amides is 1. The summed E-state index contributed by atoms with van der Waals surface area (Å²) in [5.74, 6) is -0.900. The van der Waals surface area contributed by atoms with Crippen LogP contribution in [0.2, 0.25) is 0 Å². The van der Waals surface area contributed by atoms with Crippen molar-refractivity contribution in [2.24, 2.45) is 0 Å². The first-order valence-corrected chi connectivity index (χ1v) is 8.61. The number of carbonyl (C=O) groups excluding carboxylic acids is 2. The number of phenolic OH excluding ortho intramolecular Hbond substituents is 1. The molecule has 138 valence electrons. The lowest BCUT2D eigenvalue weighted by atomic mass is 10.0. The molecule has 0 aliphatic heterocycles. The molecular formula is C21H25NO4. The Hall–Kier alpha value is -2.82. The molecule has 26 heavy (non-hydrogen) atoms. The lowest BCUT2D eigenvalue weighted by Crippen LogP contribution is -2.44. The number of rotatable bonds is 6. The maximum atomic E-state index is 12.5. The number of ether oxygens (including phenoxy) is 1. The highest BCUT2D eigenvalue weighted by molar-refractivity contribution is 5.97. The SMILES string of the molecule is CC(C)(C)OC(=O)[C@H](CCc1ccccc1)NC(=O)c1cccc(O)c1. The van der Waals surface area contributed by atoms with Crippen LogP contribution in [0.25, 0.3) is 0 Å². The fraction of sp³-hybridized carbons (Fsp3) is 0.333. The van der Waals surface area contributed by atoms with Crippen molar-refractivity contribution in [3.63, 3.8) is 0 Å². The molecule has 0 aliphatic rings. The first-order valence-electron chi connectivity index (χ1n) is 8.61. The van der Waals surface area contributed by atoms with Gasteiger partial charge in [-0.2, -0.15) is 0 Å². The van der Waals surface area contributed by atoms with Gasteiger partial charge in [0.1, 0.15) is 17.4 Å². The molecule has 2 N–H and O–H groups in total. The zero-order chi connectivity index (χ0) is 19.2. The summed E-state index contributed by atoms with van der Waals surface area (Å²) >= 11 is 0. The second kappa shape index (κ2) is 8.52. The molecule has 5 heteroatoms.